The molecular formula is C36H31N5S. The monoisotopic (exact) mass is 565 g/mol. The van der Waals surface area contributed by atoms with Crippen LogP contribution in [0.1, 0.15) is 36.0 Å². The average molecular weight is 566 g/mol. The Labute approximate surface area is 253 Å². The largest absolute Gasteiger partial charge is 0.404 e. The third kappa shape index (κ3) is 5.72. The van der Waals surface area contributed by atoms with Gasteiger partial charge in [-0.25, -0.2) is 0 Å². The number of anilines is 1. The Morgan fingerprint density at radius 3 is 2.74 bits per heavy atom. The highest BCUT2D eigenvalue weighted by atomic mass is 32.1. The summed E-state index contributed by atoms with van der Waals surface area (Å²) >= 11 is 4.20. The minimum atomic E-state index is -0.305. The minimum Gasteiger partial charge on any atom is -0.404 e. The molecule has 0 radical (unpaired) electrons. The van der Waals surface area contributed by atoms with Crippen molar-refractivity contribution in [1.82, 2.24) is 4.98 Å². The number of thiol groups is 1. The Kier molecular flexibility index (Phi) is 8.58. The van der Waals surface area contributed by atoms with E-state index in [0.717, 1.165) is 50.4 Å². The number of hydrogen-bond donors (Lipinski definition) is 2. The first-order valence-corrected chi connectivity index (χ1v) is 14.2. The van der Waals surface area contributed by atoms with Gasteiger partial charge in [0, 0.05) is 47.9 Å². The summed E-state index contributed by atoms with van der Waals surface area (Å²) in [7, 11) is 0. The van der Waals surface area contributed by atoms with Gasteiger partial charge in [0.2, 0.25) is 0 Å². The van der Waals surface area contributed by atoms with Gasteiger partial charge in [-0.3, -0.25) is 4.98 Å². The summed E-state index contributed by atoms with van der Waals surface area (Å²) in [5.41, 5.74) is 15.1. The fourth-order valence-electron chi connectivity index (χ4n) is 5.71. The summed E-state index contributed by atoms with van der Waals surface area (Å²) < 4.78 is 0. The Morgan fingerprint density at radius 2 is 2.02 bits per heavy atom. The van der Waals surface area contributed by atoms with Gasteiger partial charge in [-0.05, 0) is 88.3 Å². The maximum absolute atomic E-state index is 10.1. The molecule has 3 atom stereocenters. The number of nitrogens with two attached hydrogens (primary N) is 1. The molecule has 2 aliphatic carbocycles. The second kappa shape index (κ2) is 12.6. The maximum atomic E-state index is 10.1. The average Bonchev–Trinajstić information content (AvgIpc) is 3.36. The van der Waals surface area contributed by atoms with Gasteiger partial charge < -0.3 is 10.6 Å². The van der Waals surface area contributed by atoms with Crippen LogP contribution in [0.4, 0.5) is 5.69 Å². The maximum Gasteiger partial charge on any atom is 0.0991 e. The van der Waals surface area contributed by atoms with E-state index in [4.69, 9.17) is 5.73 Å². The molecule has 6 heteroatoms. The van der Waals surface area contributed by atoms with E-state index in [1.807, 2.05) is 61.7 Å². The molecule has 3 aliphatic rings. The van der Waals surface area contributed by atoms with E-state index < -0.39 is 0 Å². The van der Waals surface area contributed by atoms with E-state index in [1.165, 1.54) is 0 Å². The molecule has 0 bridgehead atoms. The fourth-order valence-corrected chi connectivity index (χ4v) is 5.87. The third-order valence-electron chi connectivity index (χ3n) is 7.74. The lowest BCUT2D eigenvalue weighted by atomic mass is 9.88. The minimum absolute atomic E-state index is 0.0746. The fraction of sp³-hybridized carbons (Fsp3) is 0.139. The van der Waals surface area contributed by atoms with E-state index >= 15 is 0 Å². The molecule has 2 heterocycles. The lowest BCUT2D eigenvalue weighted by Gasteiger charge is -2.33. The lowest BCUT2D eigenvalue weighted by molar-refractivity contribution is 0.674. The quantitative estimate of drug-likeness (QED) is 0.267. The Bertz CT molecular complexity index is 1730. The number of fused-ring (bicyclic) bond motifs is 3. The van der Waals surface area contributed by atoms with Crippen LogP contribution in [0.5, 0.6) is 0 Å². The van der Waals surface area contributed by atoms with Crippen LogP contribution < -0.4 is 10.6 Å². The predicted octanol–water partition coefficient (Wildman–Crippen LogP) is 7.58. The van der Waals surface area contributed by atoms with Crippen molar-refractivity contribution >= 4 is 23.9 Å². The van der Waals surface area contributed by atoms with Gasteiger partial charge in [0.25, 0.3) is 0 Å². The van der Waals surface area contributed by atoms with Gasteiger partial charge in [-0.2, -0.15) is 23.2 Å². The zero-order valence-electron chi connectivity index (χ0n) is 23.4. The summed E-state index contributed by atoms with van der Waals surface area (Å²) in [6.07, 6.45) is 24.3. The molecule has 0 fully saturated rings. The molecule has 2 aromatic rings. The number of hydrogen-bond acceptors (Lipinski definition) is 6. The van der Waals surface area contributed by atoms with Crippen molar-refractivity contribution in [2.75, 3.05) is 4.90 Å². The Balaban J connectivity index is 1.57. The molecule has 0 amide bonds. The highest BCUT2D eigenvalue weighted by Crippen LogP contribution is 2.48. The smallest absolute Gasteiger partial charge is 0.0991 e. The topological polar surface area (TPSA) is 89.7 Å². The summed E-state index contributed by atoms with van der Waals surface area (Å²) in [6, 6.07) is 14.6. The van der Waals surface area contributed by atoms with Gasteiger partial charge in [0.05, 0.1) is 29.7 Å². The first-order valence-electron chi connectivity index (χ1n) is 13.7. The van der Waals surface area contributed by atoms with E-state index in [2.05, 4.69) is 77.7 Å². The van der Waals surface area contributed by atoms with Crippen LogP contribution in [0, 0.1) is 28.6 Å². The number of nitrogens with zero attached hydrogens (tertiary/aromatic N) is 4. The van der Waals surface area contributed by atoms with Gasteiger partial charge in [0.1, 0.15) is 0 Å². The molecule has 0 spiro atoms. The molecule has 1 aromatic heterocycles. The van der Waals surface area contributed by atoms with Gasteiger partial charge >= 0.3 is 0 Å². The number of nitriles is 2. The third-order valence-corrected chi connectivity index (χ3v) is 7.89. The molecule has 2 N–H and O–H groups in total. The number of allylic oxidation sites excluding steroid dienone is 13. The van der Waals surface area contributed by atoms with Crippen LogP contribution in [0.25, 0.3) is 5.57 Å². The summed E-state index contributed by atoms with van der Waals surface area (Å²) in [5.74, 6) is -0.167. The second-order valence-corrected chi connectivity index (χ2v) is 10.7. The predicted molar refractivity (Wildman–Crippen MR) is 174 cm³/mol. The normalized spacial score (nSPS) is 21.8. The molecule has 5 rings (SSSR count). The molecule has 1 aromatic carbocycles. The summed E-state index contributed by atoms with van der Waals surface area (Å²) in [4.78, 5) is 6.65. The first kappa shape index (κ1) is 28.5. The number of pyridine rings is 1. The van der Waals surface area contributed by atoms with Gasteiger partial charge in [-0.15, -0.1) is 0 Å². The molecule has 1 aliphatic heterocycles. The van der Waals surface area contributed by atoms with Gasteiger partial charge in [0.15, 0.2) is 0 Å². The second-order valence-electron chi connectivity index (χ2n) is 10.4. The van der Waals surface area contributed by atoms with E-state index in [1.54, 1.807) is 17.8 Å². The van der Waals surface area contributed by atoms with Crippen LogP contribution in [0.15, 0.2) is 144 Å². The number of rotatable bonds is 7. The van der Waals surface area contributed by atoms with Crippen molar-refractivity contribution in [3.63, 3.8) is 0 Å². The van der Waals surface area contributed by atoms with Crippen LogP contribution in [0.3, 0.4) is 0 Å². The standard InChI is InChI=1S/C36H31N5S/c1-24(28(22-39)11-13-42)14-31(29-6-5-12-40-23-29)15-25(2)30-16-27(21-38)17-32(19-30)41-35-8-4-3-7-33(35)34-18-26(20-37)9-10-36(34)41/h3-16,18-19,22-23,27,33,35,42H,2,17,39H2,1H3/b13-11-,24-14+,28-22+,31-15+. The van der Waals surface area contributed by atoms with Gasteiger partial charge in [-0.1, -0.05) is 49.1 Å². The zero-order chi connectivity index (χ0) is 29.6. The van der Waals surface area contributed by atoms with E-state index in [9.17, 15) is 10.5 Å². The number of aromatic nitrogens is 1. The van der Waals surface area contributed by atoms with E-state index in [-0.39, 0.29) is 17.9 Å². The number of benzene rings is 1. The van der Waals surface area contributed by atoms with Crippen molar-refractivity contribution in [3.05, 3.63) is 160 Å². The Hall–Kier alpha value is -5.04. The highest BCUT2D eigenvalue weighted by molar-refractivity contribution is 7.83. The van der Waals surface area contributed by atoms with Crippen LogP contribution in [-0.2, 0) is 0 Å². The molecule has 0 saturated carbocycles. The summed E-state index contributed by atoms with van der Waals surface area (Å²) in [6.45, 7) is 6.43. The Morgan fingerprint density at radius 1 is 1.19 bits per heavy atom. The van der Waals surface area contributed by atoms with Crippen LogP contribution in [0.2, 0.25) is 0 Å². The lowest BCUT2D eigenvalue weighted by Crippen LogP contribution is -2.33. The SMILES string of the molecule is C=C(\C=C(/C=C(C)/C(/C=C\S)=C/N)c1cccnc1)C1=CC(C#N)CC(N2c3ccc(C#N)cc3C3C=CC=CC32)=C1. The van der Waals surface area contributed by atoms with Crippen molar-refractivity contribution in [3.8, 4) is 12.1 Å². The van der Waals surface area contributed by atoms with Crippen molar-refractivity contribution < 1.29 is 0 Å². The highest BCUT2D eigenvalue weighted by Gasteiger charge is 2.39. The molecule has 0 saturated heterocycles. The van der Waals surface area contributed by atoms with Crippen molar-refractivity contribution in [1.29, 1.82) is 10.5 Å². The van der Waals surface area contributed by atoms with E-state index in [0.29, 0.717) is 12.0 Å². The van der Waals surface area contributed by atoms with Crippen LogP contribution in [-0.4, -0.2) is 11.0 Å². The van der Waals surface area contributed by atoms with Crippen LogP contribution >= 0.6 is 12.6 Å². The molecular weight excluding hydrogens is 534 g/mol. The molecule has 5 nitrogen and oxygen atoms in total. The molecule has 206 valence electrons. The molecule has 42 heavy (non-hydrogen) atoms. The zero-order valence-corrected chi connectivity index (χ0v) is 24.2. The first-order chi connectivity index (χ1) is 20.5. The summed E-state index contributed by atoms with van der Waals surface area (Å²) in [5, 5.41) is 21.3. The van der Waals surface area contributed by atoms with Crippen molar-refractivity contribution in [2.45, 2.75) is 25.3 Å². The molecule has 3 unspecified atom stereocenters. The van der Waals surface area contributed by atoms with Crippen molar-refractivity contribution in [2.24, 2.45) is 11.7 Å².